The maximum atomic E-state index is 13.4. The van der Waals surface area contributed by atoms with E-state index >= 15 is 0 Å². The summed E-state index contributed by atoms with van der Waals surface area (Å²) in [6, 6.07) is 21.2. The van der Waals surface area contributed by atoms with Crippen molar-refractivity contribution in [2.24, 2.45) is 11.8 Å². The zero-order valence-electron chi connectivity index (χ0n) is 22.3. The summed E-state index contributed by atoms with van der Waals surface area (Å²) in [6.07, 6.45) is 4.14. The summed E-state index contributed by atoms with van der Waals surface area (Å²) in [5.41, 5.74) is 3.37. The standard InChI is InChI=1S/C31H29N5O2S2/c1-20(2)27(14-25-16-33-19-36(25)18-22-7-5-21(15-32)6-8-22)30(37)35-24-9-10-28-23(12-24)13-29(40-28)31(38)34-17-26-4-3-11-39-26/h3-13,16,19-20,27H,14,17-18H2,1-2H3,(H,34,38)(H,35,37). The monoisotopic (exact) mass is 567 g/mol. The first-order valence-electron chi connectivity index (χ1n) is 13.0. The van der Waals surface area contributed by atoms with E-state index < -0.39 is 0 Å². The molecule has 3 heterocycles. The normalized spacial score (nSPS) is 11.8. The number of anilines is 1. The number of aromatic nitrogens is 2. The molecule has 2 aromatic carbocycles. The number of benzene rings is 2. The van der Waals surface area contributed by atoms with Gasteiger partial charge in [0.2, 0.25) is 5.91 Å². The van der Waals surface area contributed by atoms with Crippen LogP contribution in [0.3, 0.4) is 0 Å². The Labute approximate surface area is 241 Å². The Bertz CT molecular complexity index is 1660. The molecule has 5 rings (SSSR count). The van der Waals surface area contributed by atoms with Crippen molar-refractivity contribution in [2.75, 3.05) is 5.32 Å². The van der Waals surface area contributed by atoms with Crippen molar-refractivity contribution >= 4 is 50.3 Å². The molecule has 0 fully saturated rings. The number of thiophene rings is 2. The molecule has 0 saturated carbocycles. The molecule has 0 aliphatic carbocycles. The Morgan fingerprint density at radius 1 is 1.10 bits per heavy atom. The molecule has 2 N–H and O–H groups in total. The van der Waals surface area contributed by atoms with Gasteiger partial charge in [-0.2, -0.15) is 5.26 Å². The molecule has 2 amide bonds. The molecule has 0 aliphatic rings. The molecule has 5 aromatic rings. The predicted octanol–water partition coefficient (Wildman–Crippen LogP) is 6.46. The Hall–Kier alpha value is -4.26. The molecule has 1 unspecified atom stereocenters. The van der Waals surface area contributed by atoms with Crippen molar-refractivity contribution in [1.82, 2.24) is 14.9 Å². The van der Waals surface area contributed by atoms with Crippen LogP contribution in [-0.2, 0) is 24.3 Å². The molecule has 0 aliphatic heterocycles. The highest BCUT2D eigenvalue weighted by Gasteiger charge is 2.24. The second kappa shape index (κ2) is 12.3. The number of nitrogens with one attached hydrogen (secondary N) is 2. The van der Waals surface area contributed by atoms with Crippen molar-refractivity contribution in [3.63, 3.8) is 0 Å². The lowest BCUT2D eigenvalue weighted by molar-refractivity contribution is -0.121. The average molecular weight is 568 g/mol. The third-order valence-electron chi connectivity index (χ3n) is 6.82. The highest BCUT2D eigenvalue weighted by atomic mass is 32.1. The average Bonchev–Trinajstić information content (AvgIpc) is 3.72. The molecule has 0 saturated heterocycles. The Balaban J connectivity index is 1.25. The lowest BCUT2D eigenvalue weighted by Gasteiger charge is -2.21. The number of carbonyl (C=O) groups excluding carboxylic acids is 2. The minimum absolute atomic E-state index is 0.0513. The molecule has 1 atom stereocenters. The number of imidazole rings is 1. The SMILES string of the molecule is CC(C)C(Cc1cncn1Cc1ccc(C#N)cc1)C(=O)Nc1ccc2sc(C(=O)NCc3cccs3)cc2c1. The summed E-state index contributed by atoms with van der Waals surface area (Å²) in [4.78, 5) is 32.2. The van der Waals surface area contributed by atoms with E-state index in [1.807, 2.05) is 64.7 Å². The predicted molar refractivity (Wildman–Crippen MR) is 160 cm³/mol. The molecule has 7 nitrogen and oxygen atoms in total. The Kier molecular flexibility index (Phi) is 8.39. The van der Waals surface area contributed by atoms with Crippen LogP contribution in [0.1, 0.15) is 45.2 Å². The van der Waals surface area contributed by atoms with Gasteiger partial charge in [0.25, 0.3) is 5.91 Å². The first-order valence-corrected chi connectivity index (χ1v) is 14.7. The van der Waals surface area contributed by atoms with Crippen molar-refractivity contribution in [3.05, 3.63) is 105 Å². The third kappa shape index (κ3) is 6.47. The molecule has 40 heavy (non-hydrogen) atoms. The van der Waals surface area contributed by atoms with E-state index in [0.29, 0.717) is 35.6 Å². The largest absolute Gasteiger partial charge is 0.346 e. The van der Waals surface area contributed by atoms with Gasteiger partial charge in [-0.25, -0.2) is 4.98 Å². The van der Waals surface area contributed by atoms with Crippen molar-refractivity contribution < 1.29 is 9.59 Å². The van der Waals surface area contributed by atoms with Gasteiger partial charge < -0.3 is 15.2 Å². The highest BCUT2D eigenvalue weighted by Crippen LogP contribution is 2.29. The van der Waals surface area contributed by atoms with E-state index in [0.717, 1.165) is 26.2 Å². The fourth-order valence-electron chi connectivity index (χ4n) is 4.53. The lowest BCUT2D eigenvalue weighted by atomic mass is 9.90. The minimum Gasteiger partial charge on any atom is -0.346 e. The topological polar surface area (TPSA) is 99.8 Å². The van der Waals surface area contributed by atoms with Crippen LogP contribution in [0.5, 0.6) is 0 Å². The van der Waals surface area contributed by atoms with E-state index in [1.165, 1.54) is 11.3 Å². The van der Waals surface area contributed by atoms with E-state index in [9.17, 15) is 9.59 Å². The number of nitriles is 1. The van der Waals surface area contributed by atoms with E-state index in [-0.39, 0.29) is 23.7 Å². The van der Waals surface area contributed by atoms with Crippen molar-refractivity contribution in [3.8, 4) is 6.07 Å². The van der Waals surface area contributed by atoms with Gasteiger partial charge >= 0.3 is 0 Å². The van der Waals surface area contributed by atoms with Crippen molar-refractivity contribution in [1.29, 1.82) is 5.26 Å². The lowest BCUT2D eigenvalue weighted by Crippen LogP contribution is -2.29. The summed E-state index contributed by atoms with van der Waals surface area (Å²) in [6.45, 7) is 5.23. The summed E-state index contributed by atoms with van der Waals surface area (Å²) in [5, 5.41) is 18.0. The summed E-state index contributed by atoms with van der Waals surface area (Å²) >= 11 is 3.06. The summed E-state index contributed by atoms with van der Waals surface area (Å²) in [7, 11) is 0. The second-order valence-electron chi connectivity index (χ2n) is 9.99. The third-order valence-corrected chi connectivity index (χ3v) is 8.81. The molecule has 0 radical (unpaired) electrons. The molecule has 9 heteroatoms. The van der Waals surface area contributed by atoms with Crippen LogP contribution in [0.25, 0.3) is 10.1 Å². The number of amides is 2. The van der Waals surface area contributed by atoms with Gasteiger partial charge in [-0.1, -0.05) is 32.0 Å². The van der Waals surface area contributed by atoms with Crippen LogP contribution in [-0.4, -0.2) is 21.4 Å². The van der Waals surface area contributed by atoms with E-state index in [1.54, 1.807) is 29.8 Å². The number of carbonyl (C=O) groups is 2. The second-order valence-corrected chi connectivity index (χ2v) is 12.1. The number of hydrogen-bond acceptors (Lipinski definition) is 6. The number of nitrogens with zero attached hydrogens (tertiary/aromatic N) is 3. The van der Waals surface area contributed by atoms with Gasteiger partial charge in [0.05, 0.1) is 29.4 Å². The molecule has 0 bridgehead atoms. The van der Waals surface area contributed by atoms with Gasteiger partial charge in [-0.05, 0) is 64.7 Å². The maximum absolute atomic E-state index is 13.4. The fraction of sp³-hybridized carbons (Fsp3) is 0.226. The fourth-order valence-corrected chi connectivity index (χ4v) is 6.14. The molecular formula is C31H29N5O2S2. The van der Waals surface area contributed by atoms with Crippen LogP contribution in [0.2, 0.25) is 0 Å². The molecule has 202 valence electrons. The quantitative estimate of drug-likeness (QED) is 0.202. The maximum Gasteiger partial charge on any atom is 0.261 e. The van der Waals surface area contributed by atoms with Gasteiger partial charge in [-0.3, -0.25) is 9.59 Å². The van der Waals surface area contributed by atoms with Gasteiger partial charge in [0.1, 0.15) is 0 Å². The van der Waals surface area contributed by atoms with Crippen LogP contribution >= 0.6 is 22.7 Å². The zero-order valence-corrected chi connectivity index (χ0v) is 23.9. The number of rotatable bonds is 10. The minimum atomic E-state index is -0.256. The smallest absolute Gasteiger partial charge is 0.261 e. The first kappa shape index (κ1) is 27.3. The van der Waals surface area contributed by atoms with E-state index in [2.05, 4.69) is 35.5 Å². The molecule has 0 spiro atoms. The van der Waals surface area contributed by atoms with Gasteiger partial charge in [0.15, 0.2) is 0 Å². The number of fused-ring (bicyclic) bond motifs is 1. The number of hydrogen-bond donors (Lipinski definition) is 2. The van der Waals surface area contributed by atoms with Gasteiger partial charge in [-0.15, -0.1) is 22.7 Å². The van der Waals surface area contributed by atoms with Crippen LogP contribution < -0.4 is 10.6 Å². The van der Waals surface area contributed by atoms with Gasteiger partial charge in [0, 0.05) is 46.0 Å². The Morgan fingerprint density at radius 2 is 1.93 bits per heavy atom. The summed E-state index contributed by atoms with van der Waals surface area (Å²) < 4.78 is 3.04. The first-order chi connectivity index (χ1) is 19.4. The zero-order chi connectivity index (χ0) is 28.1. The Morgan fingerprint density at radius 3 is 2.65 bits per heavy atom. The van der Waals surface area contributed by atoms with Crippen LogP contribution in [0.4, 0.5) is 5.69 Å². The molecule has 3 aromatic heterocycles. The van der Waals surface area contributed by atoms with E-state index in [4.69, 9.17) is 5.26 Å². The highest BCUT2D eigenvalue weighted by molar-refractivity contribution is 7.20. The van der Waals surface area contributed by atoms with Crippen LogP contribution in [0, 0.1) is 23.2 Å². The van der Waals surface area contributed by atoms with Crippen LogP contribution in [0.15, 0.2) is 78.6 Å². The molecular weight excluding hydrogens is 539 g/mol. The summed E-state index contributed by atoms with van der Waals surface area (Å²) in [5.74, 6) is -0.294. The van der Waals surface area contributed by atoms with Crippen molar-refractivity contribution in [2.45, 2.75) is 33.4 Å².